The van der Waals surface area contributed by atoms with Crippen molar-refractivity contribution in [1.82, 2.24) is 0 Å². The molecule has 2 nitrogen and oxygen atoms in total. The van der Waals surface area contributed by atoms with Crippen LogP contribution in [0.3, 0.4) is 0 Å². The zero-order valence-electron chi connectivity index (χ0n) is 18.5. The Morgan fingerprint density at radius 2 is 1.14 bits per heavy atom. The molecule has 7 heteroatoms. The van der Waals surface area contributed by atoms with Crippen molar-refractivity contribution in [3.05, 3.63) is 30.3 Å². The first kappa shape index (κ1) is 32.3. The van der Waals surface area contributed by atoms with E-state index in [9.17, 15) is 0 Å². The summed E-state index contributed by atoms with van der Waals surface area (Å²) in [6, 6.07) is 10.3. The molecule has 0 aliphatic carbocycles. The number of hydrogen-bond donors (Lipinski definition) is 0. The van der Waals surface area contributed by atoms with Gasteiger partial charge in [0, 0.05) is 4.90 Å². The standard InChI is InChI=1S/C22H39O2PS2.S.Zn/c1-3-5-7-9-11-16-20-23-25(26,27-22-18-14-13-15-19-22)24-21-17-12-10-8-6-4-2;;/h13-15,18-19H,3-12,16-17,20-21H2,1-2H3;;/q;-2;+2. The monoisotopic (exact) mass is 526 g/mol. The van der Waals surface area contributed by atoms with Gasteiger partial charge in [-0.25, -0.2) is 0 Å². The summed E-state index contributed by atoms with van der Waals surface area (Å²) in [5.74, 6) is 0. The fourth-order valence-electron chi connectivity index (χ4n) is 2.82. The predicted molar refractivity (Wildman–Crippen MR) is 133 cm³/mol. The first-order chi connectivity index (χ1) is 13.2. The Balaban J connectivity index is 0. The molecule has 0 aromatic heterocycles. The van der Waals surface area contributed by atoms with Gasteiger partial charge < -0.3 is 22.5 Å². The Morgan fingerprint density at radius 3 is 1.59 bits per heavy atom. The van der Waals surface area contributed by atoms with Crippen molar-refractivity contribution in [1.29, 1.82) is 0 Å². The van der Waals surface area contributed by atoms with Crippen LogP contribution in [0.4, 0.5) is 0 Å². The number of rotatable bonds is 18. The van der Waals surface area contributed by atoms with E-state index >= 15 is 0 Å². The van der Waals surface area contributed by atoms with E-state index in [4.69, 9.17) is 20.9 Å². The van der Waals surface area contributed by atoms with Crippen LogP contribution in [0.25, 0.3) is 0 Å². The SMILES string of the molecule is CCCCCCCCOP(=S)(OCCCCCCCC)Sc1ccccc1.[S-2].[Zn+2]. The van der Waals surface area contributed by atoms with Gasteiger partial charge >= 0.3 is 19.5 Å². The van der Waals surface area contributed by atoms with Crippen LogP contribution in [0.1, 0.15) is 90.9 Å². The van der Waals surface area contributed by atoms with Crippen molar-refractivity contribution >= 4 is 42.4 Å². The third-order valence-corrected chi connectivity index (χ3v) is 9.40. The third-order valence-electron chi connectivity index (χ3n) is 4.46. The van der Waals surface area contributed by atoms with Gasteiger partial charge in [0.15, 0.2) is 0 Å². The zero-order valence-corrected chi connectivity index (χ0v) is 24.8. The molecule has 1 aromatic rings. The molecule has 0 heterocycles. The van der Waals surface area contributed by atoms with Crippen molar-refractivity contribution in [3.63, 3.8) is 0 Å². The predicted octanol–water partition coefficient (Wildman–Crippen LogP) is 8.75. The summed E-state index contributed by atoms with van der Waals surface area (Å²) in [6.07, 6.45) is 15.1. The van der Waals surface area contributed by atoms with Gasteiger partial charge in [-0.2, -0.15) is 0 Å². The van der Waals surface area contributed by atoms with Gasteiger partial charge in [-0.1, -0.05) is 96.3 Å². The van der Waals surface area contributed by atoms with E-state index in [1.807, 2.05) is 18.2 Å². The minimum absolute atomic E-state index is 0. The normalized spacial score (nSPS) is 11.0. The molecule has 0 saturated carbocycles. The minimum Gasteiger partial charge on any atom is -2.00 e. The van der Waals surface area contributed by atoms with Crippen LogP contribution in [-0.4, -0.2) is 13.2 Å². The van der Waals surface area contributed by atoms with Crippen molar-refractivity contribution in [2.45, 2.75) is 95.8 Å². The fourth-order valence-corrected chi connectivity index (χ4v) is 7.37. The van der Waals surface area contributed by atoms with Crippen LogP contribution in [0.15, 0.2) is 35.2 Å². The average Bonchev–Trinajstić information content (AvgIpc) is 2.67. The maximum absolute atomic E-state index is 6.15. The quantitative estimate of drug-likeness (QED) is 0.108. The van der Waals surface area contributed by atoms with E-state index in [1.54, 1.807) is 11.4 Å². The Kier molecular flexibility index (Phi) is 24.8. The van der Waals surface area contributed by atoms with Crippen LogP contribution in [-0.2, 0) is 53.8 Å². The molecule has 0 atom stereocenters. The van der Waals surface area contributed by atoms with Gasteiger partial charge in [0.05, 0.1) is 13.2 Å². The second-order valence-corrected chi connectivity index (χ2v) is 13.2. The zero-order chi connectivity index (χ0) is 19.6. The van der Waals surface area contributed by atoms with Gasteiger partial charge in [-0.05, 0) is 48.2 Å². The van der Waals surface area contributed by atoms with Crippen molar-refractivity contribution in [2.75, 3.05) is 13.2 Å². The van der Waals surface area contributed by atoms with Crippen molar-refractivity contribution in [3.8, 4) is 0 Å². The van der Waals surface area contributed by atoms with E-state index in [-0.39, 0.29) is 33.0 Å². The van der Waals surface area contributed by atoms with Crippen LogP contribution in [0.2, 0.25) is 0 Å². The Morgan fingerprint density at radius 1 is 0.724 bits per heavy atom. The Labute approximate surface area is 209 Å². The topological polar surface area (TPSA) is 18.5 Å². The summed E-state index contributed by atoms with van der Waals surface area (Å²) in [5.41, 5.74) is -2.31. The summed E-state index contributed by atoms with van der Waals surface area (Å²) < 4.78 is 12.3. The molecule has 29 heavy (non-hydrogen) atoms. The number of benzene rings is 1. The van der Waals surface area contributed by atoms with E-state index in [0.29, 0.717) is 0 Å². The minimum atomic E-state index is -2.31. The largest absolute Gasteiger partial charge is 2.00 e. The van der Waals surface area contributed by atoms with E-state index in [1.165, 1.54) is 64.2 Å². The second-order valence-electron chi connectivity index (χ2n) is 7.05. The molecule has 1 aromatic carbocycles. The second kappa shape index (κ2) is 22.3. The van der Waals surface area contributed by atoms with Crippen LogP contribution >= 0.6 is 17.1 Å². The first-order valence-electron chi connectivity index (χ1n) is 10.8. The van der Waals surface area contributed by atoms with Crippen molar-refractivity contribution in [2.24, 2.45) is 0 Å². The fraction of sp³-hybridized carbons (Fsp3) is 0.727. The van der Waals surface area contributed by atoms with Crippen LogP contribution in [0, 0.1) is 0 Å². The van der Waals surface area contributed by atoms with Crippen LogP contribution < -0.4 is 0 Å². The number of unbranched alkanes of at least 4 members (excludes halogenated alkanes) is 10. The first-order valence-corrected chi connectivity index (χ1v) is 14.9. The molecule has 0 radical (unpaired) electrons. The summed E-state index contributed by atoms with van der Waals surface area (Å²) in [6.45, 7) is 5.95. The Hall–Kier alpha value is 1.11. The Bertz CT molecular complexity index is 484. The maximum Gasteiger partial charge on any atom is 2.00 e. The molecule has 164 valence electrons. The summed E-state index contributed by atoms with van der Waals surface area (Å²) in [7, 11) is 0. The molecular weight excluding hydrogens is 489 g/mol. The van der Waals surface area contributed by atoms with Crippen LogP contribution in [0.5, 0.6) is 0 Å². The van der Waals surface area contributed by atoms with E-state index < -0.39 is 5.69 Å². The summed E-state index contributed by atoms with van der Waals surface area (Å²) in [5, 5.41) is 0. The molecule has 0 aliphatic heterocycles. The molecule has 0 fully saturated rings. The van der Waals surface area contributed by atoms with Crippen molar-refractivity contribution < 1.29 is 28.5 Å². The molecule has 0 spiro atoms. The van der Waals surface area contributed by atoms with E-state index in [2.05, 4.69) is 26.0 Å². The molecule has 0 bridgehead atoms. The molecule has 0 amide bonds. The molecule has 0 saturated heterocycles. The van der Waals surface area contributed by atoms with Gasteiger partial charge in [-0.15, -0.1) is 0 Å². The maximum atomic E-state index is 6.15. The third kappa shape index (κ3) is 18.4. The van der Waals surface area contributed by atoms with Gasteiger partial charge in [0.1, 0.15) is 0 Å². The molecular formula is C22H39O2PS3Zn. The number of hydrogen-bond acceptors (Lipinski definition) is 4. The van der Waals surface area contributed by atoms with Gasteiger partial charge in [0.2, 0.25) is 0 Å². The van der Waals surface area contributed by atoms with Gasteiger partial charge in [0.25, 0.3) is 5.69 Å². The average molecular weight is 528 g/mol. The molecule has 0 aliphatic rings. The molecule has 0 N–H and O–H groups in total. The van der Waals surface area contributed by atoms with Gasteiger partial charge in [-0.3, -0.25) is 0 Å². The van der Waals surface area contributed by atoms with E-state index in [0.717, 1.165) is 31.0 Å². The summed E-state index contributed by atoms with van der Waals surface area (Å²) >= 11 is 7.47. The summed E-state index contributed by atoms with van der Waals surface area (Å²) in [4.78, 5) is 1.15. The molecule has 0 unspecified atom stereocenters. The molecule has 1 rings (SSSR count). The smallest absolute Gasteiger partial charge is 2.00 e.